The van der Waals surface area contributed by atoms with Crippen LogP contribution in [0, 0.1) is 0 Å². The lowest BCUT2D eigenvalue weighted by Crippen LogP contribution is -2.29. The van der Waals surface area contributed by atoms with Crippen LogP contribution in [0.5, 0.6) is 0 Å². The first kappa shape index (κ1) is 74.9. The SMILES string of the molecule is CC/C=C\C/C=C\C/C=C\C/C=C\C/C=C\C/C=C\C/C=C\C/C=C\C/C=C\CCCCCCCCCCCC(=O)OC(COC(=O)CCCCCCCC/C=C\C/C=C\C/C=C\CCCCCCC)COP(=O)(O)OCCN. The first-order chi connectivity index (χ1) is 38.8. The van der Waals surface area contributed by atoms with Crippen molar-refractivity contribution in [3.8, 4) is 0 Å². The largest absolute Gasteiger partial charge is 0.472 e. The number of unbranched alkanes of at least 4 members (excludes halogenated alkanes) is 20. The van der Waals surface area contributed by atoms with Crippen LogP contribution in [0.4, 0.5) is 0 Å². The minimum absolute atomic E-state index is 0.0431. The van der Waals surface area contributed by atoms with E-state index in [9.17, 15) is 19.0 Å². The molecule has 0 fully saturated rings. The van der Waals surface area contributed by atoms with Crippen molar-refractivity contribution in [1.29, 1.82) is 0 Å². The fourth-order valence-electron chi connectivity index (χ4n) is 8.11. The smallest absolute Gasteiger partial charge is 0.462 e. The van der Waals surface area contributed by atoms with Gasteiger partial charge in [0, 0.05) is 19.4 Å². The fraction of sp³-hybridized carbons (Fsp3) is 0.623. The molecule has 0 aromatic carbocycles. The van der Waals surface area contributed by atoms with Crippen molar-refractivity contribution in [2.24, 2.45) is 5.73 Å². The third-order valence-corrected chi connectivity index (χ3v) is 13.7. The normalized spacial score (nSPS) is 14.0. The van der Waals surface area contributed by atoms with Crippen molar-refractivity contribution in [2.45, 2.75) is 251 Å². The molecule has 0 heterocycles. The summed E-state index contributed by atoms with van der Waals surface area (Å²) in [5, 5.41) is 0. The Morgan fingerprint density at radius 2 is 0.696 bits per heavy atom. The van der Waals surface area contributed by atoms with Crippen molar-refractivity contribution < 1.29 is 37.6 Å². The van der Waals surface area contributed by atoms with E-state index in [0.29, 0.717) is 12.8 Å². The van der Waals surface area contributed by atoms with Gasteiger partial charge >= 0.3 is 19.8 Å². The summed E-state index contributed by atoms with van der Waals surface area (Å²) < 4.78 is 33.1. The van der Waals surface area contributed by atoms with E-state index in [2.05, 4.69) is 160 Å². The standard InChI is InChI=1S/C69H114NO8P/c1-3-5-7-9-11-13-15-17-19-21-23-25-26-27-28-29-30-31-32-33-34-35-36-37-38-39-40-42-44-46-48-50-52-54-56-58-60-62-69(72)78-67(66-77-79(73,74)76-64-63-70)65-75-68(71)61-59-57-55-53-51-49-47-45-43-41-24-22-20-18-16-14-12-10-8-6-4-2/h5,7,11,13,16-19,22-25,27-28,30-31,33-34,36-37,39-40,43,45,67H,3-4,6,8-10,12,14-15,20-21,26,29,32,35,38,41-42,44,46-66,70H2,1-2H3,(H,73,74)/b7-5-,13-11-,18-16-,19-17-,24-22-,25-23-,28-27-,31-30-,34-33-,37-36-,40-39-,45-43-. The van der Waals surface area contributed by atoms with Crippen LogP contribution in [0.1, 0.15) is 245 Å². The number of rotatable bonds is 57. The Morgan fingerprint density at radius 3 is 1.04 bits per heavy atom. The molecule has 0 aliphatic carbocycles. The summed E-state index contributed by atoms with van der Waals surface area (Å²) in [5.41, 5.74) is 5.39. The van der Waals surface area contributed by atoms with E-state index in [1.165, 1.54) is 70.6 Å². The molecular formula is C69H114NO8P. The summed E-state index contributed by atoms with van der Waals surface area (Å²) in [6.45, 7) is 3.59. The third-order valence-electron chi connectivity index (χ3n) is 12.7. The van der Waals surface area contributed by atoms with Crippen molar-refractivity contribution >= 4 is 19.8 Å². The number of phosphoric ester groups is 1. The maximum Gasteiger partial charge on any atom is 0.472 e. The van der Waals surface area contributed by atoms with E-state index in [-0.39, 0.29) is 32.6 Å². The maximum absolute atomic E-state index is 12.7. The predicted molar refractivity (Wildman–Crippen MR) is 339 cm³/mol. The third kappa shape index (κ3) is 62.9. The number of ether oxygens (including phenoxy) is 2. The maximum atomic E-state index is 12.7. The number of allylic oxidation sites excluding steroid dienone is 24. The van der Waals surface area contributed by atoms with Crippen molar-refractivity contribution in [2.75, 3.05) is 26.4 Å². The molecule has 0 saturated heterocycles. The van der Waals surface area contributed by atoms with Gasteiger partial charge in [-0.15, -0.1) is 0 Å². The molecule has 0 radical (unpaired) electrons. The Labute approximate surface area is 484 Å². The molecule has 79 heavy (non-hydrogen) atoms. The highest BCUT2D eigenvalue weighted by Gasteiger charge is 2.26. The quantitative estimate of drug-likeness (QED) is 0.0264. The van der Waals surface area contributed by atoms with E-state index in [4.69, 9.17) is 24.3 Å². The molecule has 0 spiro atoms. The average Bonchev–Trinajstić information content (AvgIpc) is 3.44. The Morgan fingerprint density at radius 1 is 0.392 bits per heavy atom. The first-order valence-corrected chi connectivity index (χ1v) is 32.8. The van der Waals surface area contributed by atoms with E-state index in [1.807, 2.05) is 0 Å². The molecule has 0 aliphatic heterocycles. The molecule has 0 saturated carbocycles. The highest BCUT2D eigenvalue weighted by Crippen LogP contribution is 2.43. The topological polar surface area (TPSA) is 134 Å². The lowest BCUT2D eigenvalue weighted by atomic mass is 10.1. The predicted octanol–water partition coefficient (Wildman–Crippen LogP) is 20.3. The zero-order valence-electron chi connectivity index (χ0n) is 50.0. The van der Waals surface area contributed by atoms with Gasteiger partial charge in [-0.25, -0.2) is 4.57 Å². The fourth-order valence-corrected chi connectivity index (χ4v) is 8.87. The molecule has 0 bridgehead atoms. The zero-order chi connectivity index (χ0) is 57.3. The van der Waals surface area contributed by atoms with Crippen LogP contribution in [0.2, 0.25) is 0 Å². The lowest BCUT2D eigenvalue weighted by Gasteiger charge is -2.19. The van der Waals surface area contributed by atoms with Crippen LogP contribution >= 0.6 is 7.82 Å². The van der Waals surface area contributed by atoms with Gasteiger partial charge in [0.2, 0.25) is 0 Å². The number of nitrogens with two attached hydrogens (primary N) is 1. The van der Waals surface area contributed by atoms with Gasteiger partial charge in [-0.05, 0) is 122 Å². The van der Waals surface area contributed by atoms with Crippen LogP contribution in [0.25, 0.3) is 0 Å². The van der Waals surface area contributed by atoms with E-state index in [0.717, 1.165) is 135 Å². The monoisotopic (exact) mass is 1120 g/mol. The molecule has 448 valence electrons. The van der Waals surface area contributed by atoms with Gasteiger partial charge < -0.3 is 20.1 Å². The van der Waals surface area contributed by atoms with Crippen LogP contribution < -0.4 is 5.73 Å². The summed E-state index contributed by atoms with van der Waals surface area (Å²) >= 11 is 0. The van der Waals surface area contributed by atoms with E-state index in [1.54, 1.807) is 0 Å². The van der Waals surface area contributed by atoms with Gasteiger partial charge in [-0.3, -0.25) is 18.6 Å². The van der Waals surface area contributed by atoms with Crippen LogP contribution in [0.3, 0.4) is 0 Å². The highest BCUT2D eigenvalue weighted by molar-refractivity contribution is 7.47. The van der Waals surface area contributed by atoms with Crippen LogP contribution in [0.15, 0.2) is 146 Å². The number of carbonyl (C=O) groups is 2. The van der Waals surface area contributed by atoms with Gasteiger partial charge in [0.05, 0.1) is 13.2 Å². The Hall–Kier alpha value is -4.11. The minimum Gasteiger partial charge on any atom is -0.462 e. The summed E-state index contributed by atoms with van der Waals surface area (Å²) in [5.74, 6) is -0.857. The average molecular weight is 1120 g/mol. The molecule has 10 heteroatoms. The molecular weight excluding hydrogens is 1000 g/mol. The second-order valence-electron chi connectivity index (χ2n) is 20.2. The van der Waals surface area contributed by atoms with Gasteiger partial charge in [0.1, 0.15) is 6.61 Å². The molecule has 2 unspecified atom stereocenters. The van der Waals surface area contributed by atoms with Gasteiger partial charge in [-0.1, -0.05) is 256 Å². The summed E-state index contributed by atoms with van der Waals surface area (Å²) in [6.07, 6.45) is 90.5. The summed E-state index contributed by atoms with van der Waals surface area (Å²) in [7, 11) is -4.40. The van der Waals surface area contributed by atoms with Crippen LogP contribution in [-0.2, 0) is 32.7 Å². The number of esters is 2. The number of phosphoric acid groups is 1. The van der Waals surface area contributed by atoms with Gasteiger partial charge in [0.25, 0.3) is 0 Å². The molecule has 3 N–H and O–H groups in total. The summed E-state index contributed by atoms with van der Waals surface area (Å²) in [4.78, 5) is 35.2. The molecule has 0 aliphatic rings. The van der Waals surface area contributed by atoms with Crippen molar-refractivity contribution in [1.82, 2.24) is 0 Å². The Kier molecular flexibility index (Phi) is 59.8. The molecule has 9 nitrogen and oxygen atoms in total. The molecule has 0 amide bonds. The second kappa shape index (κ2) is 63.1. The van der Waals surface area contributed by atoms with Gasteiger partial charge in [0.15, 0.2) is 6.10 Å². The minimum atomic E-state index is -4.40. The molecule has 0 aromatic heterocycles. The Balaban J connectivity index is 4.02. The van der Waals surface area contributed by atoms with Gasteiger partial charge in [-0.2, -0.15) is 0 Å². The van der Waals surface area contributed by atoms with Crippen molar-refractivity contribution in [3.63, 3.8) is 0 Å². The first-order valence-electron chi connectivity index (χ1n) is 31.3. The zero-order valence-corrected chi connectivity index (χ0v) is 50.9. The second-order valence-corrected chi connectivity index (χ2v) is 21.6. The number of hydrogen-bond acceptors (Lipinski definition) is 8. The molecule has 0 aromatic rings. The van der Waals surface area contributed by atoms with E-state index >= 15 is 0 Å². The number of carbonyl (C=O) groups excluding carboxylic acids is 2. The Bertz CT molecular complexity index is 1800. The van der Waals surface area contributed by atoms with Crippen LogP contribution in [-0.4, -0.2) is 49.3 Å². The summed E-state index contributed by atoms with van der Waals surface area (Å²) in [6, 6.07) is 0. The van der Waals surface area contributed by atoms with Crippen molar-refractivity contribution in [3.05, 3.63) is 146 Å². The molecule has 0 rings (SSSR count). The molecule has 2 atom stereocenters. The van der Waals surface area contributed by atoms with E-state index < -0.39 is 32.5 Å². The highest BCUT2D eigenvalue weighted by atomic mass is 31.2. The lowest BCUT2D eigenvalue weighted by molar-refractivity contribution is -0.161. The number of hydrogen-bond donors (Lipinski definition) is 2.